The van der Waals surface area contributed by atoms with Crippen LogP contribution in [0.25, 0.3) is 5.65 Å². The Bertz CT molecular complexity index is 985. The first-order valence-electron chi connectivity index (χ1n) is 10.5. The molecule has 0 spiro atoms. The summed E-state index contributed by atoms with van der Waals surface area (Å²) in [6, 6.07) is 12.2. The van der Waals surface area contributed by atoms with Gasteiger partial charge in [0, 0.05) is 38.3 Å². The summed E-state index contributed by atoms with van der Waals surface area (Å²) in [7, 11) is 1.77. The first-order valence-corrected chi connectivity index (χ1v) is 10.5. The van der Waals surface area contributed by atoms with Crippen molar-refractivity contribution >= 4 is 35.6 Å². The number of ether oxygens (including phenoxy) is 1. The molecule has 0 aliphatic carbocycles. The molecule has 0 aliphatic heterocycles. The van der Waals surface area contributed by atoms with Gasteiger partial charge < -0.3 is 15.4 Å². The normalized spacial score (nSPS) is 11.5. The summed E-state index contributed by atoms with van der Waals surface area (Å²) >= 11 is 0. The van der Waals surface area contributed by atoms with Crippen LogP contribution >= 0.6 is 24.0 Å². The fraction of sp³-hybridized carbons (Fsp3) is 0.435. The summed E-state index contributed by atoms with van der Waals surface area (Å²) < 4.78 is 8.05. The highest BCUT2D eigenvalue weighted by atomic mass is 127. The van der Waals surface area contributed by atoms with Crippen molar-refractivity contribution in [1.82, 2.24) is 25.2 Å². The standard InChI is InChI=1S/C23H32N6O.HI/c1-17(2)11-14-30-20-15-18(3)8-9-19(20)16-26-23(24-4)25-12-10-22-28-27-21-7-5-6-13-29(21)22;/h5-9,13,15,17H,10-12,14,16H2,1-4H3,(H2,24,25,26);1H. The number of hydrogen-bond donors (Lipinski definition) is 2. The monoisotopic (exact) mass is 536 g/mol. The predicted octanol–water partition coefficient (Wildman–Crippen LogP) is 3.99. The third kappa shape index (κ3) is 7.37. The van der Waals surface area contributed by atoms with E-state index in [4.69, 9.17) is 4.74 Å². The zero-order valence-corrected chi connectivity index (χ0v) is 21.1. The Balaban J connectivity index is 0.00000341. The van der Waals surface area contributed by atoms with Gasteiger partial charge in [-0.15, -0.1) is 34.2 Å². The number of pyridine rings is 1. The maximum Gasteiger partial charge on any atom is 0.191 e. The fourth-order valence-corrected chi connectivity index (χ4v) is 3.10. The molecule has 168 valence electrons. The van der Waals surface area contributed by atoms with Gasteiger partial charge in [-0.2, -0.15) is 0 Å². The van der Waals surface area contributed by atoms with Crippen molar-refractivity contribution in [3.63, 3.8) is 0 Å². The van der Waals surface area contributed by atoms with Crippen LogP contribution in [0, 0.1) is 12.8 Å². The van der Waals surface area contributed by atoms with E-state index in [1.165, 1.54) is 5.56 Å². The topological polar surface area (TPSA) is 75.8 Å². The number of nitrogens with one attached hydrogen (secondary N) is 2. The van der Waals surface area contributed by atoms with Gasteiger partial charge in [-0.25, -0.2) is 0 Å². The van der Waals surface area contributed by atoms with E-state index in [2.05, 4.69) is 64.8 Å². The number of aliphatic imine (C=N–C) groups is 1. The fourth-order valence-electron chi connectivity index (χ4n) is 3.10. The summed E-state index contributed by atoms with van der Waals surface area (Å²) in [5.74, 6) is 3.24. The lowest BCUT2D eigenvalue weighted by atomic mass is 10.1. The Hall–Kier alpha value is -2.36. The van der Waals surface area contributed by atoms with Crippen LogP contribution in [0.15, 0.2) is 47.6 Å². The van der Waals surface area contributed by atoms with E-state index in [0.717, 1.165) is 48.2 Å². The largest absolute Gasteiger partial charge is 0.493 e. The first-order chi connectivity index (χ1) is 14.6. The molecule has 3 aromatic rings. The molecule has 2 heterocycles. The Morgan fingerprint density at radius 3 is 2.77 bits per heavy atom. The van der Waals surface area contributed by atoms with Crippen LogP contribution in [0.4, 0.5) is 0 Å². The van der Waals surface area contributed by atoms with E-state index >= 15 is 0 Å². The number of aryl methyl sites for hydroxylation is 1. The van der Waals surface area contributed by atoms with Gasteiger partial charge in [0.1, 0.15) is 11.6 Å². The predicted molar refractivity (Wildman–Crippen MR) is 136 cm³/mol. The Morgan fingerprint density at radius 2 is 2.00 bits per heavy atom. The maximum absolute atomic E-state index is 6.05. The highest BCUT2D eigenvalue weighted by Gasteiger charge is 2.08. The molecule has 1 aromatic carbocycles. The molecule has 0 atom stereocenters. The van der Waals surface area contributed by atoms with Crippen molar-refractivity contribution in [2.75, 3.05) is 20.2 Å². The number of fused-ring (bicyclic) bond motifs is 1. The number of hydrogen-bond acceptors (Lipinski definition) is 4. The quantitative estimate of drug-likeness (QED) is 0.246. The number of halogens is 1. The second-order valence-electron chi connectivity index (χ2n) is 7.79. The lowest BCUT2D eigenvalue weighted by molar-refractivity contribution is 0.286. The zero-order chi connectivity index (χ0) is 21.3. The molecule has 7 nitrogen and oxygen atoms in total. The van der Waals surface area contributed by atoms with Gasteiger partial charge in [0.05, 0.1) is 6.61 Å². The highest BCUT2D eigenvalue weighted by molar-refractivity contribution is 14.0. The minimum Gasteiger partial charge on any atom is -0.493 e. The Labute approximate surface area is 201 Å². The van der Waals surface area contributed by atoms with E-state index in [9.17, 15) is 0 Å². The molecule has 2 N–H and O–H groups in total. The number of aromatic nitrogens is 3. The van der Waals surface area contributed by atoms with E-state index in [-0.39, 0.29) is 24.0 Å². The summed E-state index contributed by atoms with van der Waals surface area (Å²) in [4.78, 5) is 4.33. The first kappa shape index (κ1) is 24.9. The highest BCUT2D eigenvalue weighted by Crippen LogP contribution is 2.21. The van der Waals surface area contributed by atoms with Crippen molar-refractivity contribution in [2.24, 2.45) is 10.9 Å². The van der Waals surface area contributed by atoms with Crippen LogP contribution in [0.5, 0.6) is 5.75 Å². The third-order valence-electron chi connectivity index (χ3n) is 4.87. The molecule has 3 rings (SSSR count). The van der Waals surface area contributed by atoms with Gasteiger partial charge in [-0.3, -0.25) is 9.39 Å². The van der Waals surface area contributed by atoms with Crippen molar-refractivity contribution in [3.05, 3.63) is 59.5 Å². The van der Waals surface area contributed by atoms with Crippen LogP contribution in [0.2, 0.25) is 0 Å². The van der Waals surface area contributed by atoms with Crippen molar-refractivity contribution in [1.29, 1.82) is 0 Å². The molecule has 0 saturated heterocycles. The molecule has 0 fully saturated rings. The minimum atomic E-state index is 0. The third-order valence-corrected chi connectivity index (χ3v) is 4.87. The number of guanidine groups is 1. The van der Waals surface area contributed by atoms with E-state index < -0.39 is 0 Å². The van der Waals surface area contributed by atoms with Gasteiger partial charge in [-0.1, -0.05) is 32.0 Å². The van der Waals surface area contributed by atoms with Crippen molar-refractivity contribution < 1.29 is 4.74 Å². The second-order valence-corrected chi connectivity index (χ2v) is 7.79. The number of benzene rings is 1. The summed E-state index contributed by atoms with van der Waals surface area (Å²) in [5, 5.41) is 15.2. The minimum absolute atomic E-state index is 0. The average molecular weight is 536 g/mol. The average Bonchev–Trinajstić information content (AvgIpc) is 3.14. The molecule has 0 bridgehead atoms. The summed E-state index contributed by atoms with van der Waals surface area (Å²) in [6.45, 7) is 8.58. The lowest BCUT2D eigenvalue weighted by Crippen LogP contribution is -2.38. The second kappa shape index (κ2) is 12.5. The molecular weight excluding hydrogens is 503 g/mol. The van der Waals surface area contributed by atoms with Crippen LogP contribution in [-0.2, 0) is 13.0 Å². The van der Waals surface area contributed by atoms with Crippen LogP contribution in [-0.4, -0.2) is 40.8 Å². The van der Waals surface area contributed by atoms with E-state index in [0.29, 0.717) is 19.0 Å². The van der Waals surface area contributed by atoms with E-state index in [1.54, 1.807) is 7.05 Å². The van der Waals surface area contributed by atoms with Crippen LogP contribution in [0.3, 0.4) is 0 Å². The summed E-state index contributed by atoms with van der Waals surface area (Å²) in [6.07, 6.45) is 3.78. The number of nitrogens with zero attached hydrogens (tertiary/aromatic N) is 4. The lowest BCUT2D eigenvalue weighted by Gasteiger charge is -2.16. The molecule has 2 aromatic heterocycles. The van der Waals surface area contributed by atoms with Crippen LogP contribution < -0.4 is 15.4 Å². The molecule has 0 radical (unpaired) electrons. The van der Waals surface area contributed by atoms with Gasteiger partial charge >= 0.3 is 0 Å². The molecule has 0 unspecified atom stereocenters. The SMILES string of the molecule is CN=C(NCCc1nnc2ccccn12)NCc1ccc(C)cc1OCCC(C)C.I. The van der Waals surface area contributed by atoms with E-state index in [1.807, 2.05) is 28.8 Å². The molecule has 0 amide bonds. The molecule has 0 saturated carbocycles. The molecular formula is C23H33IN6O. The number of rotatable bonds is 9. The summed E-state index contributed by atoms with van der Waals surface area (Å²) in [5.41, 5.74) is 3.18. The Kier molecular flexibility index (Phi) is 10.0. The zero-order valence-electron chi connectivity index (χ0n) is 18.8. The van der Waals surface area contributed by atoms with Gasteiger partial charge in [0.25, 0.3) is 0 Å². The molecule has 0 aliphatic rings. The molecule has 8 heteroatoms. The maximum atomic E-state index is 6.05. The van der Waals surface area contributed by atoms with Gasteiger partial charge in [0.15, 0.2) is 11.6 Å². The van der Waals surface area contributed by atoms with Crippen LogP contribution in [0.1, 0.15) is 37.2 Å². The van der Waals surface area contributed by atoms with Gasteiger partial charge in [-0.05, 0) is 43.0 Å². The van der Waals surface area contributed by atoms with Crippen molar-refractivity contribution in [2.45, 2.75) is 40.2 Å². The van der Waals surface area contributed by atoms with Gasteiger partial charge in [0.2, 0.25) is 0 Å². The van der Waals surface area contributed by atoms with Crippen molar-refractivity contribution in [3.8, 4) is 5.75 Å². The Morgan fingerprint density at radius 1 is 1.16 bits per heavy atom. The smallest absolute Gasteiger partial charge is 0.191 e. The molecule has 31 heavy (non-hydrogen) atoms.